The van der Waals surface area contributed by atoms with Crippen molar-refractivity contribution < 1.29 is 8.42 Å². The van der Waals surface area contributed by atoms with Gasteiger partial charge >= 0.3 is 0 Å². The number of nitrogens with one attached hydrogen (secondary N) is 2. The standard InChI is InChI=1S/C10H12BrN3O2S3/c1-12-10-14-7(6-17-10)4-5-13-19(15,16)9-3-2-8(11)18-9/h2-3,6,13H,4-5H2,1H3,(H,12,14). The summed E-state index contributed by atoms with van der Waals surface area (Å²) in [5.41, 5.74) is 0.879. The molecule has 2 aromatic heterocycles. The first-order valence-corrected chi connectivity index (χ1v) is 9.35. The van der Waals surface area contributed by atoms with Crippen molar-refractivity contribution in [3.63, 3.8) is 0 Å². The Labute approximate surface area is 128 Å². The van der Waals surface area contributed by atoms with Gasteiger partial charge in [-0.05, 0) is 28.1 Å². The Hall–Kier alpha value is -0.480. The fraction of sp³-hybridized carbons (Fsp3) is 0.300. The Bertz CT molecular complexity index is 651. The summed E-state index contributed by atoms with van der Waals surface area (Å²) < 4.78 is 27.6. The van der Waals surface area contributed by atoms with Crippen molar-refractivity contribution in [3.8, 4) is 0 Å². The Kier molecular flexibility index (Phi) is 4.96. The largest absolute Gasteiger partial charge is 0.365 e. The number of thiophene rings is 1. The summed E-state index contributed by atoms with van der Waals surface area (Å²) >= 11 is 5.95. The van der Waals surface area contributed by atoms with E-state index in [0.29, 0.717) is 17.2 Å². The van der Waals surface area contributed by atoms with Crippen molar-refractivity contribution in [1.29, 1.82) is 0 Å². The van der Waals surface area contributed by atoms with E-state index in [1.165, 1.54) is 22.7 Å². The maximum absolute atomic E-state index is 11.9. The number of hydrogen-bond acceptors (Lipinski definition) is 6. The van der Waals surface area contributed by atoms with Crippen LogP contribution >= 0.6 is 38.6 Å². The molecule has 0 amide bonds. The van der Waals surface area contributed by atoms with Crippen LogP contribution in [0, 0.1) is 0 Å². The predicted octanol–water partition coefficient (Wildman–Crippen LogP) is 2.53. The quantitative estimate of drug-likeness (QED) is 0.806. The van der Waals surface area contributed by atoms with Crippen LogP contribution in [0.1, 0.15) is 5.69 Å². The highest BCUT2D eigenvalue weighted by Gasteiger charge is 2.15. The van der Waals surface area contributed by atoms with Gasteiger partial charge in [0.15, 0.2) is 5.13 Å². The Morgan fingerprint density at radius 2 is 2.21 bits per heavy atom. The van der Waals surface area contributed by atoms with Gasteiger partial charge in [0, 0.05) is 25.4 Å². The van der Waals surface area contributed by atoms with E-state index < -0.39 is 10.0 Å². The molecule has 104 valence electrons. The van der Waals surface area contributed by atoms with Crippen LogP contribution in [-0.4, -0.2) is 27.0 Å². The second-order valence-corrected chi connectivity index (χ2v) is 8.92. The van der Waals surface area contributed by atoms with Crippen LogP contribution < -0.4 is 10.0 Å². The maximum atomic E-state index is 11.9. The van der Waals surface area contributed by atoms with E-state index in [0.717, 1.165) is 14.6 Å². The lowest BCUT2D eigenvalue weighted by atomic mass is 10.3. The van der Waals surface area contributed by atoms with E-state index in [1.54, 1.807) is 19.2 Å². The number of sulfonamides is 1. The number of halogens is 1. The van der Waals surface area contributed by atoms with Gasteiger partial charge in [-0.1, -0.05) is 0 Å². The zero-order valence-corrected chi connectivity index (χ0v) is 14.0. The zero-order chi connectivity index (χ0) is 13.9. The van der Waals surface area contributed by atoms with Crippen LogP contribution in [0.2, 0.25) is 0 Å². The van der Waals surface area contributed by atoms with Crippen LogP contribution in [-0.2, 0) is 16.4 Å². The summed E-state index contributed by atoms with van der Waals surface area (Å²) in [7, 11) is -1.60. The van der Waals surface area contributed by atoms with Crippen molar-refractivity contribution in [3.05, 3.63) is 27.0 Å². The normalized spacial score (nSPS) is 11.7. The summed E-state index contributed by atoms with van der Waals surface area (Å²) in [4.78, 5) is 4.29. The molecule has 0 aliphatic rings. The first-order chi connectivity index (χ1) is 9.01. The van der Waals surface area contributed by atoms with Crippen LogP contribution in [0.4, 0.5) is 5.13 Å². The summed E-state index contributed by atoms with van der Waals surface area (Å²) in [6, 6.07) is 3.30. The number of anilines is 1. The number of thiazole rings is 1. The molecular formula is C10H12BrN3O2S3. The third-order valence-electron chi connectivity index (χ3n) is 2.25. The highest BCUT2D eigenvalue weighted by molar-refractivity contribution is 9.11. The van der Waals surface area contributed by atoms with Gasteiger partial charge in [0.25, 0.3) is 0 Å². The minimum atomic E-state index is -3.41. The van der Waals surface area contributed by atoms with Crippen molar-refractivity contribution in [1.82, 2.24) is 9.71 Å². The van der Waals surface area contributed by atoms with Gasteiger partial charge in [-0.3, -0.25) is 0 Å². The average Bonchev–Trinajstić information content (AvgIpc) is 2.98. The van der Waals surface area contributed by atoms with E-state index in [2.05, 4.69) is 31.0 Å². The van der Waals surface area contributed by atoms with Gasteiger partial charge in [0.2, 0.25) is 10.0 Å². The summed E-state index contributed by atoms with van der Waals surface area (Å²) in [6.07, 6.45) is 0.573. The van der Waals surface area contributed by atoms with Crippen molar-refractivity contribution >= 4 is 53.8 Å². The Morgan fingerprint density at radius 1 is 1.42 bits per heavy atom. The van der Waals surface area contributed by atoms with E-state index in [1.807, 2.05) is 5.38 Å². The number of nitrogens with zero attached hydrogens (tertiary/aromatic N) is 1. The molecule has 0 bridgehead atoms. The van der Waals surface area contributed by atoms with Gasteiger partial charge in [0.1, 0.15) is 4.21 Å². The van der Waals surface area contributed by atoms with Crippen LogP contribution in [0.5, 0.6) is 0 Å². The molecule has 0 aliphatic heterocycles. The molecule has 9 heteroatoms. The second-order valence-electron chi connectivity index (χ2n) is 3.60. The SMILES string of the molecule is CNc1nc(CCNS(=O)(=O)c2ccc(Br)s2)cs1. The number of hydrogen-bond donors (Lipinski definition) is 2. The molecule has 19 heavy (non-hydrogen) atoms. The second kappa shape index (κ2) is 6.31. The van der Waals surface area contributed by atoms with E-state index in [4.69, 9.17) is 0 Å². The van der Waals surface area contributed by atoms with Gasteiger partial charge < -0.3 is 5.32 Å². The third kappa shape index (κ3) is 3.99. The molecule has 2 aromatic rings. The first-order valence-electron chi connectivity index (χ1n) is 5.38. The summed E-state index contributed by atoms with van der Waals surface area (Å²) in [5.74, 6) is 0. The van der Waals surface area contributed by atoms with Gasteiger partial charge in [-0.2, -0.15) is 0 Å². The predicted molar refractivity (Wildman–Crippen MR) is 82.6 cm³/mol. The Morgan fingerprint density at radius 3 is 2.79 bits per heavy atom. The van der Waals surface area contributed by atoms with Gasteiger partial charge in [-0.25, -0.2) is 18.1 Å². The topological polar surface area (TPSA) is 71.1 Å². The molecule has 2 N–H and O–H groups in total. The lowest BCUT2D eigenvalue weighted by molar-refractivity contribution is 0.583. The molecule has 2 rings (SSSR count). The fourth-order valence-corrected chi connectivity index (χ4v) is 5.16. The summed E-state index contributed by atoms with van der Waals surface area (Å²) in [5, 5.41) is 5.70. The highest BCUT2D eigenvalue weighted by Crippen LogP contribution is 2.25. The van der Waals surface area contributed by atoms with Gasteiger partial charge in [-0.15, -0.1) is 22.7 Å². The monoisotopic (exact) mass is 381 g/mol. The van der Waals surface area contributed by atoms with E-state index in [-0.39, 0.29) is 0 Å². The lowest BCUT2D eigenvalue weighted by Crippen LogP contribution is -2.25. The van der Waals surface area contributed by atoms with Crippen LogP contribution in [0.15, 0.2) is 25.5 Å². The van der Waals surface area contributed by atoms with Crippen molar-refractivity contribution in [2.45, 2.75) is 10.6 Å². The molecule has 0 unspecified atom stereocenters. The molecule has 0 saturated heterocycles. The first kappa shape index (κ1) is 14.9. The zero-order valence-electron chi connectivity index (χ0n) is 10.0. The van der Waals surface area contributed by atoms with Crippen molar-refractivity contribution in [2.75, 3.05) is 18.9 Å². The summed E-state index contributed by atoms with van der Waals surface area (Å²) in [6.45, 7) is 0.338. The van der Waals surface area contributed by atoms with Crippen LogP contribution in [0.25, 0.3) is 0 Å². The molecule has 0 atom stereocenters. The fourth-order valence-electron chi connectivity index (χ4n) is 1.36. The smallest absolute Gasteiger partial charge is 0.250 e. The highest BCUT2D eigenvalue weighted by atomic mass is 79.9. The molecule has 0 spiro atoms. The van der Waals surface area contributed by atoms with Crippen molar-refractivity contribution in [2.24, 2.45) is 0 Å². The van der Waals surface area contributed by atoms with E-state index in [9.17, 15) is 8.42 Å². The Balaban J connectivity index is 1.91. The molecule has 0 radical (unpaired) electrons. The third-order valence-corrected chi connectivity index (χ3v) is 6.74. The molecule has 0 aromatic carbocycles. The molecule has 0 aliphatic carbocycles. The molecule has 0 fully saturated rings. The molecule has 5 nitrogen and oxygen atoms in total. The molecular weight excluding hydrogens is 370 g/mol. The minimum Gasteiger partial charge on any atom is -0.365 e. The lowest BCUT2D eigenvalue weighted by Gasteiger charge is -2.03. The minimum absolute atomic E-state index is 0.313. The molecule has 0 saturated carbocycles. The van der Waals surface area contributed by atoms with Gasteiger partial charge in [0.05, 0.1) is 9.48 Å². The average molecular weight is 382 g/mol. The number of aromatic nitrogens is 1. The maximum Gasteiger partial charge on any atom is 0.250 e. The molecule has 2 heterocycles. The van der Waals surface area contributed by atoms with E-state index >= 15 is 0 Å². The number of rotatable bonds is 6. The van der Waals surface area contributed by atoms with Crippen LogP contribution in [0.3, 0.4) is 0 Å².